The first-order valence-corrected chi connectivity index (χ1v) is 8.08. The number of ether oxygens (including phenoxy) is 1. The third-order valence-electron chi connectivity index (χ3n) is 3.77. The maximum Gasteiger partial charge on any atom is 0.315 e. The van der Waals surface area contributed by atoms with Crippen LogP contribution in [0.1, 0.15) is 41.9 Å². The van der Waals surface area contributed by atoms with Crippen molar-refractivity contribution in [2.24, 2.45) is 7.05 Å². The summed E-state index contributed by atoms with van der Waals surface area (Å²) in [6.07, 6.45) is 4.84. The lowest BCUT2D eigenvalue weighted by atomic mass is 9.91. The van der Waals surface area contributed by atoms with Crippen molar-refractivity contribution in [3.8, 4) is 10.6 Å². The lowest BCUT2D eigenvalue weighted by Crippen LogP contribution is -2.20. The van der Waals surface area contributed by atoms with E-state index in [0.717, 1.165) is 41.2 Å². The Bertz CT molecular complexity index is 675. The third kappa shape index (κ3) is 2.60. The van der Waals surface area contributed by atoms with Crippen molar-refractivity contribution in [2.75, 3.05) is 6.61 Å². The molecule has 0 radical (unpaired) electrons. The quantitative estimate of drug-likeness (QED) is 0.818. The zero-order chi connectivity index (χ0) is 15.0. The largest absolute Gasteiger partial charge is 0.465 e. The van der Waals surface area contributed by atoms with Crippen molar-refractivity contribution in [3.63, 3.8) is 0 Å². The van der Waals surface area contributed by atoms with Gasteiger partial charge in [-0.25, -0.2) is 4.98 Å². The number of thiazole rings is 1. The van der Waals surface area contributed by atoms with Gasteiger partial charge in [0.2, 0.25) is 0 Å². The van der Waals surface area contributed by atoms with E-state index in [2.05, 4.69) is 5.10 Å². The Hall–Kier alpha value is -1.69. The third-order valence-corrected chi connectivity index (χ3v) is 4.93. The van der Waals surface area contributed by atoms with E-state index >= 15 is 0 Å². The van der Waals surface area contributed by atoms with Crippen molar-refractivity contribution in [1.29, 1.82) is 0 Å². The van der Waals surface area contributed by atoms with Crippen LogP contribution in [0.25, 0.3) is 10.6 Å². The summed E-state index contributed by atoms with van der Waals surface area (Å²) in [5.74, 6) is -0.339. The van der Waals surface area contributed by atoms with E-state index in [-0.39, 0.29) is 11.9 Å². The first kappa shape index (κ1) is 14.3. The van der Waals surface area contributed by atoms with Crippen LogP contribution in [0.4, 0.5) is 0 Å². The molecule has 1 unspecified atom stereocenters. The van der Waals surface area contributed by atoms with Gasteiger partial charge in [-0.05, 0) is 33.1 Å². The number of carbonyl (C=O) groups is 1. The fourth-order valence-corrected chi connectivity index (χ4v) is 4.04. The molecular weight excluding hydrogens is 286 g/mol. The second-order valence-corrected chi connectivity index (χ2v) is 6.41. The minimum absolute atomic E-state index is 0.141. The van der Waals surface area contributed by atoms with Gasteiger partial charge in [0.1, 0.15) is 10.9 Å². The molecule has 0 aromatic carbocycles. The van der Waals surface area contributed by atoms with Crippen molar-refractivity contribution < 1.29 is 9.53 Å². The van der Waals surface area contributed by atoms with Crippen molar-refractivity contribution in [1.82, 2.24) is 14.8 Å². The fourth-order valence-electron chi connectivity index (χ4n) is 2.82. The summed E-state index contributed by atoms with van der Waals surface area (Å²) in [6, 6.07) is 0. The fraction of sp³-hybridized carbons (Fsp3) is 0.533. The average Bonchev–Trinajstić information content (AvgIpc) is 3.01. The van der Waals surface area contributed by atoms with Gasteiger partial charge in [0.25, 0.3) is 0 Å². The number of carbonyl (C=O) groups excluding carboxylic acids is 1. The van der Waals surface area contributed by atoms with Gasteiger partial charge in [0.05, 0.1) is 23.6 Å². The highest BCUT2D eigenvalue weighted by molar-refractivity contribution is 7.15. The predicted octanol–water partition coefficient (Wildman–Crippen LogP) is 2.84. The molecule has 21 heavy (non-hydrogen) atoms. The second kappa shape index (κ2) is 5.60. The van der Waals surface area contributed by atoms with Gasteiger partial charge >= 0.3 is 5.97 Å². The molecule has 0 spiro atoms. The van der Waals surface area contributed by atoms with E-state index in [1.165, 1.54) is 4.88 Å². The van der Waals surface area contributed by atoms with Crippen molar-refractivity contribution in [2.45, 2.75) is 39.0 Å². The highest BCUT2D eigenvalue weighted by Crippen LogP contribution is 2.39. The van der Waals surface area contributed by atoms with Crippen molar-refractivity contribution in [3.05, 3.63) is 22.5 Å². The lowest BCUT2D eigenvalue weighted by molar-refractivity contribution is -0.145. The zero-order valence-electron chi connectivity index (χ0n) is 12.5. The van der Waals surface area contributed by atoms with E-state index in [9.17, 15) is 4.79 Å². The van der Waals surface area contributed by atoms with E-state index in [4.69, 9.17) is 9.72 Å². The molecule has 0 saturated carbocycles. The first-order chi connectivity index (χ1) is 10.1. The Morgan fingerprint density at radius 3 is 3.05 bits per heavy atom. The molecule has 1 aliphatic carbocycles. The maximum absolute atomic E-state index is 12.1. The molecule has 0 fully saturated rings. The van der Waals surface area contributed by atoms with Gasteiger partial charge in [-0.15, -0.1) is 11.3 Å². The maximum atomic E-state index is 12.1. The van der Waals surface area contributed by atoms with E-state index in [1.54, 1.807) is 16.0 Å². The molecule has 5 nitrogen and oxygen atoms in total. The molecule has 2 aromatic rings. The molecule has 0 saturated heterocycles. The van der Waals surface area contributed by atoms with E-state index < -0.39 is 0 Å². The van der Waals surface area contributed by atoms with Crippen LogP contribution in [0.15, 0.2) is 6.20 Å². The number of hydrogen-bond acceptors (Lipinski definition) is 5. The summed E-state index contributed by atoms with van der Waals surface area (Å²) < 4.78 is 6.99. The first-order valence-electron chi connectivity index (χ1n) is 7.27. The Morgan fingerprint density at radius 2 is 2.38 bits per heavy atom. The highest BCUT2D eigenvalue weighted by Gasteiger charge is 2.31. The summed E-state index contributed by atoms with van der Waals surface area (Å²) >= 11 is 1.68. The Morgan fingerprint density at radius 1 is 1.57 bits per heavy atom. The van der Waals surface area contributed by atoms with Crippen LogP contribution in [0.5, 0.6) is 0 Å². The molecule has 1 aliphatic rings. The number of esters is 1. The highest BCUT2D eigenvalue weighted by atomic mass is 32.1. The number of nitrogens with zero attached hydrogens (tertiary/aromatic N) is 3. The monoisotopic (exact) mass is 305 g/mol. The Balaban J connectivity index is 1.98. The SMILES string of the molecule is CCOC(=O)C1CCCc2sc(-c3cn(C)nc3C)nc21. The van der Waals surface area contributed by atoms with Crippen LogP contribution in [-0.2, 0) is 23.0 Å². The summed E-state index contributed by atoms with van der Waals surface area (Å²) in [7, 11) is 1.91. The molecule has 3 rings (SSSR count). The van der Waals surface area contributed by atoms with Gasteiger partial charge < -0.3 is 4.74 Å². The molecule has 2 aromatic heterocycles. The van der Waals surface area contributed by atoms with Crippen LogP contribution >= 0.6 is 11.3 Å². The smallest absolute Gasteiger partial charge is 0.315 e. The molecule has 1 atom stereocenters. The number of rotatable bonds is 3. The molecule has 112 valence electrons. The van der Waals surface area contributed by atoms with Crippen LogP contribution in [0.3, 0.4) is 0 Å². The van der Waals surface area contributed by atoms with Gasteiger partial charge in [-0.3, -0.25) is 9.48 Å². The molecule has 0 N–H and O–H groups in total. The summed E-state index contributed by atoms with van der Waals surface area (Å²) in [5, 5.41) is 5.33. The van der Waals surface area contributed by atoms with E-state index in [1.807, 2.05) is 27.1 Å². The summed E-state index contributed by atoms with van der Waals surface area (Å²) in [6.45, 7) is 4.25. The van der Waals surface area contributed by atoms with Gasteiger partial charge in [-0.1, -0.05) is 0 Å². The number of fused-ring (bicyclic) bond motifs is 1. The molecule has 0 bridgehead atoms. The normalized spacial score (nSPS) is 17.6. The number of aryl methyl sites for hydroxylation is 3. The van der Waals surface area contributed by atoms with Crippen LogP contribution < -0.4 is 0 Å². The van der Waals surface area contributed by atoms with Crippen LogP contribution in [-0.4, -0.2) is 27.3 Å². The summed E-state index contributed by atoms with van der Waals surface area (Å²) in [4.78, 5) is 18.1. The van der Waals surface area contributed by atoms with Crippen molar-refractivity contribution >= 4 is 17.3 Å². The van der Waals surface area contributed by atoms with E-state index in [0.29, 0.717) is 6.61 Å². The average molecular weight is 305 g/mol. The molecule has 0 amide bonds. The topological polar surface area (TPSA) is 57.0 Å². The molecule has 2 heterocycles. The lowest BCUT2D eigenvalue weighted by Gasteiger charge is -2.19. The van der Waals surface area contributed by atoms with Crippen LogP contribution in [0, 0.1) is 6.92 Å². The number of aromatic nitrogens is 3. The van der Waals surface area contributed by atoms with Gasteiger partial charge in [0.15, 0.2) is 0 Å². The van der Waals surface area contributed by atoms with Gasteiger partial charge in [-0.2, -0.15) is 5.10 Å². The minimum Gasteiger partial charge on any atom is -0.465 e. The standard InChI is InChI=1S/C15H19N3O2S/c1-4-20-15(19)10-6-5-7-12-13(10)16-14(21-12)11-8-18(3)17-9(11)2/h8,10H,4-7H2,1-3H3. The number of hydrogen-bond donors (Lipinski definition) is 0. The minimum atomic E-state index is -0.198. The summed E-state index contributed by atoms with van der Waals surface area (Å²) in [5.41, 5.74) is 2.94. The molecular formula is C15H19N3O2S. The Labute approximate surface area is 128 Å². The second-order valence-electron chi connectivity index (χ2n) is 5.33. The molecule has 0 aliphatic heterocycles. The predicted molar refractivity (Wildman–Crippen MR) is 81.4 cm³/mol. The molecule has 6 heteroatoms. The Kier molecular flexibility index (Phi) is 3.80. The van der Waals surface area contributed by atoms with Gasteiger partial charge in [0, 0.05) is 18.1 Å². The zero-order valence-corrected chi connectivity index (χ0v) is 13.4. The van der Waals surface area contributed by atoms with Crippen LogP contribution in [0.2, 0.25) is 0 Å².